The Morgan fingerprint density at radius 1 is 1.05 bits per heavy atom. The number of benzene rings is 3. The first kappa shape index (κ1) is 22.9. The molecule has 0 unspecified atom stereocenters. The van der Waals surface area contributed by atoms with Gasteiger partial charge in [0.15, 0.2) is 0 Å². The molecule has 0 radical (unpaired) electrons. The Bertz CT molecular complexity index is 1860. The van der Waals surface area contributed by atoms with Crippen LogP contribution in [0.3, 0.4) is 0 Å². The van der Waals surface area contributed by atoms with Crippen molar-refractivity contribution in [2.75, 3.05) is 11.1 Å². The number of nitrogens with two attached hydrogens (primary N) is 1. The van der Waals surface area contributed by atoms with Gasteiger partial charge in [-0.25, -0.2) is 14.4 Å². The number of para-hydroxylation sites is 1. The van der Waals surface area contributed by atoms with Crippen molar-refractivity contribution in [3.05, 3.63) is 112 Å². The molecule has 3 heterocycles. The molecule has 0 saturated carbocycles. The van der Waals surface area contributed by atoms with E-state index in [1.54, 1.807) is 12.1 Å². The van der Waals surface area contributed by atoms with Crippen LogP contribution in [-0.2, 0) is 6.54 Å². The summed E-state index contributed by atoms with van der Waals surface area (Å²) in [5, 5.41) is 15.9. The Labute approximate surface area is 217 Å². The lowest BCUT2D eigenvalue weighted by Crippen LogP contribution is -2.15. The van der Waals surface area contributed by atoms with E-state index >= 15 is 0 Å². The molecule has 0 saturated heterocycles. The predicted octanol–water partition coefficient (Wildman–Crippen LogP) is 6.75. The van der Waals surface area contributed by atoms with Gasteiger partial charge in [0, 0.05) is 22.0 Å². The molecule has 0 aliphatic heterocycles. The average molecular weight is 509 g/mol. The van der Waals surface area contributed by atoms with Crippen LogP contribution >= 0.6 is 11.6 Å². The maximum atomic E-state index is 13.9. The highest BCUT2D eigenvalue weighted by atomic mass is 35.5. The molecule has 0 aliphatic rings. The molecule has 6 aromatic rings. The second kappa shape index (κ2) is 8.87. The predicted molar refractivity (Wildman–Crippen MR) is 148 cm³/mol. The zero-order valence-electron chi connectivity index (χ0n) is 19.9. The topological polar surface area (TPSA) is 92.1 Å². The summed E-state index contributed by atoms with van der Waals surface area (Å²) in [5.41, 5.74) is 11.0. The fourth-order valence-electron chi connectivity index (χ4n) is 4.97. The normalized spacial score (nSPS) is 11.4. The SMILES string of the molecule is Cc1cccc2cc(CNc3ncnc(N)c3C(=N)c3cccc(F)c3)n3c4ccccc4c(Cl)c3c12. The zero-order chi connectivity index (χ0) is 25.7. The van der Waals surface area contributed by atoms with E-state index in [1.807, 2.05) is 24.3 Å². The van der Waals surface area contributed by atoms with Gasteiger partial charge < -0.3 is 15.5 Å². The number of nitrogen functional groups attached to an aromatic ring is 1. The lowest BCUT2D eigenvalue weighted by Gasteiger charge is -2.16. The van der Waals surface area contributed by atoms with Gasteiger partial charge in [-0.15, -0.1) is 0 Å². The number of halogens is 2. The molecule has 0 fully saturated rings. The smallest absolute Gasteiger partial charge is 0.141 e. The number of nitrogens with zero attached hydrogens (tertiary/aromatic N) is 3. The van der Waals surface area contributed by atoms with Crippen LogP contribution in [0.5, 0.6) is 0 Å². The first-order chi connectivity index (χ1) is 17.9. The molecule has 0 spiro atoms. The minimum absolute atomic E-state index is 0.0360. The number of hydrogen-bond donors (Lipinski definition) is 3. The standard InChI is InChI=1S/C29H22ClFN6/c1-16-6-4-7-17-13-20(37-22-11-3-2-10-21(22)25(30)27(37)23(16)17)14-34-29-24(28(33)35-15-36-29)26(32)18-8-5-9-19(31)12-18/h2-13,15,32H,14H2,1H3,(H3,33,34,35,36). The van der Waals surface area contributed by atoms with Crippen LogP contribution in [0.15, 0.2) is 79.1 Å². The molecule has 0 bridgehead atoms. The average Bonchev–Trinajstić information content (AvgIpc) is 3.20. The van der Waals surface area contributed by atoms with E-state index in [-0.39, 0.29) is 11.5 Å². The van der Waals surface area contributed by atoms with Crippen LogP contribution < -0.4 is 11.1 Å². The van der Waals surface area contributed by atoms with E-state index in [0.29, 0.717) is 28.5 Å². The van der Waals surface area contributed by atoms with Crippen molar-refractivity contribution in [3.8, 4) is 0 Å². The number of rotatable bonds is 5. The number of fused-ring (bicyclic) bond motifs is 5. The Hall–Kier alpha value is -4.49. The van der Waals surface area contributed by atoms with Gasteiger partial charge in [0.1, 0.15) is 23.8 Å². The minimum atomic E-state index is -0.433. The van der Waals surface area contributed by atoms with Gasteiger partial charge in [-0.3, -0.25) is 5.41 Å². The molecule has 0 atom stereocenters. The molecule has 182 valence electrons. The monoisotopic (exact) mass is 508 g/mol. The third-order valence-electron chi connectivity index (χ3n) is 6.64. The van der Waals surface area contributed by atoms with Crippen LogP contribution in [0.1, 0.15) is 22.4 Å². The summed E-state index contributed by atoms with van der Waals surface area (Å²) in [5.74, 6) is 0.0969. The van der Waals surface area contributed by atoms with Crippen LogP contribution in [0, 0.1) is 18.2 Å². The van der Waals surface area contributed by atoms with Crippen LogP contribution in [0.2, 0.25) is 5.02 Å². The largest absolute Gasteiger partial charge is 0.383 e. The summed E-state index contributed by atoms with van der Waals surface area (Å²) < 4.78 is 16.0. The second-order valence-corrected chi connectivity index (χ2v) is 9.29. The van der Waals surface area contributed by atoms with Gasteiger partial charge in [0.25, 0.3) is 0 Å². The number of nitrogens with one attached hydrogen (secondary N) is 2. The van der Waals surface area contributed by atoms with Gasteiger partial charge in [-0.1, -0.05) is 60.1 Å². The van der Waals surface area contributed by atoms with E-state index in [0.717, 1.165) is 38.4 Å². The van der Waals surface area contributed by atoms with Crippen molar-refractivity contribution >= 4 is 56.1 Å². The van der Waals surface area contributed by atoms with Crippen LogP contribution in [0.4, 0.5) is 16.0 Å². The summed E-state index contributed by atoms with van der Waals surface area (Å²) in [7, 11) is 0. The van der Waals surface area contributed by atoms with E-state index in [4.69, 9.17) is 22.7 Å². The van der Waals surface area contributed by atoms with E-state index < -0.39 is 5.82 Å². The van der Waals surface area contributed by atoms with Crippen molar-refractivity contribution in [3.63, 3.8) is 0 Å². The Morgan fingerprint density at radius 2 is 1.86 bits per heavy atom. The van der Waals surface area contributed by atoms with Gasteiger partial charge in [-0.05, 0) is 42.1 Å². The Kier molecular flexibility index (Phi) is 5.50. The van der Waals surface area contributed by atoms with Crippen molar-refractivity contribution in [1.29, 1.82) is 5.41 Å². The van der Waals surface area contributed by atoms with Crippen molar-refractivity contribution < 1.29 is 4.39 Å². The summed E-state index contributed by atoms with van der Waals surface area (Å²) in [6.07, 6.45) is 1.35. The Balaban J connectivity index is 1.50. The van der Waals surface area contributed by atoms with Crippen molar-refractivity contribution in [2.45, 2.75) is 13.5 Å². The lowest BCUT2D eigenvalue weighted by molar-refractivity contribution is 0.627. The third-order valence-corrected chi connectivity index (χ3v) is 7.02. The molecule has 6 rings (SSSR count). The maximum Gasteiger partial charge on any atom is 0.141 e. The fraction of sp³-hybridized carbons (Fsp3) is 0.0690. The molecular weight excluding hydrogens is 487 g/mol. The third kappa shape index (κ3) is 3.75. The number of aromatic nitrogens is 3. The number of hydrogen-bond acceptors (Lipinski definition) is 5. The Morgan fingerprint density at radius 3 is 2.70 bits per heavy atom. The van der Waals surface area contributed by atoms with Crippen LogP contribution in [-0.4, -0.2) is 20.1 Å². The fourth-order valence-corrected chi connectivity index (χ4v) is 5.31. The van der Waals surface area contributed by atoms with E-state index in [1.165, 1.54) is 18.5 Å². The minimum Gasteiger partial charge on any atom is -0.383 e. The van der Waals surface area contributed by atoms with E-state index in [9.17, 15) is 4.39 Å². The quantitative estimate of drug-likeness (QED) is 0.225. The molecule has 3 aromatic heterocycles. The highest BCUT2D eigenvalue weighted by Gasteiger charge is 2.20. The van der Waals surface area contributed by atoms with E-state index in [2.05, 4.69) is 50.9 Å². The lowest BCUT2D eigenvalue weighted by atomic mass is 10.0. The molecule has 0 amide bonds. The first-order valence-corrected chi connectivity index (χ1v) is 12.1. The highest BCUT2D eigenvalue weighted by Crippen LogP contribution is 2.38. The molecule has 8 heteroatoms. The van der Waals surface area contributed by atoms with Crippen molar-refractivity contribution in [2.24, 2.45) is 0 Å². The molecule has 37 heavy (non-hydrogen) atoms. The van der Waals surface area contributed by atoms with Gasteiger partial charge >= 0.3 is 0 Å². The molecule has 6 nitrogen and oxygen atoms in total. The number of pyridine rings is 1. The summed E-state index contributed by atoms with van der Waals surface area (Å²) >= 11 is 6.96. The molecule has 3 aromatic carbocycles. The summed E-state index contributed by atoms with van der Waals surface area (Å²) in [4.78, 5) is 8.45. The number of anilines is 2. The molecular formula is C29H22ClFN6. The number of aryl methyl sites for hydroxylation is 1. The van der Waals surface area contributed by atoms with Gasteiger partial charge in [0.05, 0.1) is 33.9 Å². The summed E-state index contributed by atoms with van der Waals surface area (Å²) in [6.45, 7) is 2.46. The zero-order valence-corrected chi connectivity index (χ0v) is 20.6. The summed E-state index contributed by atoms with van der Waals surface area (Å²) in [6, 6.07) is 22.2. The van der Waals surface area contributed by atoms with Gasteiger partial charge in [0.2, 0.25) is 0 Å². The molecule has 0 aliphatic carbocycles. The molecule has 4 N–H and O–H groups in total. The second-order valence-electron chi connectivity index (χ2n) is 8.91. The maximum absolute atomic E-state index is 13.9. The first-order valence-electron chi connectivity index (χ1n) is 11.7. The highest BCUT2D eigenvalue weighted by molar-refractivity contribution is 6.41. The van der Waals surface area contributed by atoms with Crippen molar-refractivity contribution in [1.82, 2.24) is 14.4 Å². The van der Waals surface area contributed by atoms with Gasteiger partial charge in [-0.2, -0.15) is 0 Å². The van der Waals surface area contributed by atoms with Crippen LogP contribution in [0.25, 0.3) is 27.2 Å².